The van der Waals surface area contributed by atoms with Crippen molar-refractivity contribution in [2.24, 2.45) is 0 Å². The van der Waals surface area contributed by atoms with E-state index in [4.69, 9.17) is 4.42 Å². The van der Waals surface area contributed by atoms with E-state index < -0.39 is 10.0 Å². The van der Waals surface area contributed by atoms with Crippen LogP contribution < -0.4 is 5.32 Å². The molecule has 1 aromatic heterocycles. The fourth-order valence-electron chi connectivity index (χ4n) is 1.79. The number of nitrogens with zero attached hydrogens (tertiary/aromatic N) is 1. The zero-order valence-electron chi connectivity index (χ0n) is 12.8. The van der Waals surface area contributed by atoms with Crippen molar-refractivity contribution in [3.05, 3.63) is 16.5 Å². The van der Waals surface area contributed by atoms with Gasteiger partial charge in [0.15, 0.2) is 4.67 Å². The van der Waals surface area contributed by atoms with Crippen molar-refractivity contribution in [1.29, 1.82) is 0 Å². The summed E-state index contributed by atoms with van der Waals surface area (Å²) in [6.45, 7) is 5.35. The molecule has 122 valence electrons. The Kier molecular flexibility index (Phi) is 7.77. The molecule has 8 heteroatoms. The third kappa shape index (κ3) is 4.99. The van der Waals surface area contributed by atoms with Crippen molar-refractivity contribution in [3.8, 4) is 0 Å². The molecule has 0 fully saturated rings. The molecule has 1 atom stereocenters. The number of halogens is 1. The lowest BCUT2D eigenvalue weighted by atomic mass is 10.4. The third-order valence-corrected chi connectivity index (χ3v) is 6.76. The summed E-state index contributed by atoms with van der Waals surface area (Å²) in [6, 6.07) is 1.51. The van der Waals surface area contributed by atoms with Crippen LogP contribution in [0, 0.1) is 0 Å². The normalized spacial score (nSPS) is 13.8. The summed E-state index contributed by atoms with van der Waals surface area (Å²) in [5.74, 6) is 1.36. The Morgan fingerprint density at radius 2 is 2.19 bits per heavy atom. The van der Waals surface area contributed by atoms with Gasteiger partial charge in [0.2, 0.25) is 10.0 Å². The van der Waals surface area contributed by atoms with Crippen LogP contribution in [0.3, 0.4) is 0 Å². The topological polar surface area (TPSA) is 62.6 Å². The van der Waals surface area contributed by atoms with Crippen LogP contribution in [0.25, 0.3) is 0 Å². The fraction of sp³-hybridized carbons (Fsp3) is 0.692. The molecule has 0 saturated heterocycles. The van der Waals surface area contributed by atoms with Gasteiger partial charge in [0.25, 0.3) is 0 Å². The van der Waals surface area contributed by atoms with Gasteiger partial charge >= 0.3 is 0 Å². The molecule has 21 heavy (non-hydrogen) atoms. The minimum atomic E-state index is -3.55. The summed E-state index contributed by atoms with van der Waals surface area (Å²) in [7, 11) is -1.95. The first-order valence-corrected chi connectivity index (χ1v) is 10.4. The number of hydrogen-bond donors (Lipinski definition) is 1. The minimum Gasteiger partial charge on any atom is -0.452 e. The van der Waals surface area contributed by atoms with Crippen molar-refractivity contribution in [3.63, 3.8) is 0 Å². The lowest BCUT2D eigenvalue weighted by Crippen LogP contribution is -2.36. The highest BCUT2D eigenvalue weighted by Crippen LogP contribution is 2.29. The van der Waals surface area contributed by atoms with E-state index >= 15 is 0 Å². The Morgan fingerprint density at radius 1 is 1.52 bits per heavy atom. The maximum absolute atomic E-state index is 12.6. The van der Waals surface area contributed by atoms with Crippen LogP contribution in [-0.4, -0.2) is 44.4 Å². The van der Waals surface area contributed by atoms with Crippen molar-refractivity contribution in [2.45, 2.75) is 37.8 Å². The second-order valence-electron chi connectivity index (χ2n) is 4.85. The van der Waals surface area contributed by atoms with Crippen molar-refractivity contribution < 1.29 is 12.8 Å². The number of nitrogens with one attached hydrogen (secondary N) is 1. The Labute approximate surface area is 140 Å². The van der Waals surface area contributed by atoms with Crippen LogP contribution in [0.1, 0.15) is 26.0 Å². The van der Waals surface area contributed by atoms with Gasteiger partial charge in [-0.25, -0.2) is 8.42 Å². The molecule has 1 rings (SSSR count). The van der Waals surface area contributed by atoms with Gasteiger partial charge in [-0.3, -0.25) is 0 Å². The van der Waals surface area contributed by atoms with Crippen LogP contribution in [0.5, 0.6) is 0 Å². The molecular formula is C13H23BrN2O3S2. The Hall–Kier alpha value is -0.0200. The first kappa shape index (κ1) is 19.0. The van der Waals surface area contributed by atoms with E-state index in [1.165, 1.54) is 4.31 Å². The summed E-state index contributed by atoms with van der Waals surface area (Å²) in [6.07, 6.45) is 2.98. The number of furan rings is 1. The van der Waals surface area contributed by atoms with Crippen LogP contribution in [0.15, 0.2) is 20.0 Å². The molecule has 1 N–H and O–H groups in total. The Balaban J connectivity index is 2.92. The first-order chi connectivity index (χ1) is 9.84. The lowest BCUT2D eigenvalue weighted by Gasteiger charge is -2.23. The molecule has 0 spiro atoms. The van der Waals surface area contributed by atoms with Crippen LogP contribution >= 0.6 is 27.7 Å². The van der Waals surface area contributed by atoms with Gasteiger partial charge in [0.1, 0.15) is 10.7 Å². The van der Waals surface area contributed by atoms with Gasteiger partial charge in [-0.1, -0.05) is 6.92 Å². The molecule has 1 unspecified atom stereocenters. The number of thioether (sulfide) groups is 1. The minimum absolute atomic E-state index is 0.0755. The average Bonchev–Trinajstić information content (AvgIpc) is 2.80. The van der Waals surface area contributed by atoms with Gasteiger partial charge in [-0.05, 0) is 42.1 Å². The zero-order chi connectivity index (χ0) is 16.0. The fourth-order valence-corrected chi connectivity index (χ4v) is 4.91. The maximum atomic E-state index is 12.6. The summed E-state index contributed by atoms with van der Waals surface area (Å²) in [4.78, 5) is 0.186. The lowest BCUT2D eigenvalue weighted by molar-refractivity contribution is 0.412. The van der Waals surface area contributed by atoms with E-state index in [0.29, 0.717) is 12.3 Å². The highest BCUT2D eigenvalue weighted by Gasteiger charge is 2.29. The third-order valence-electron chi connectivity index (χ3n) is 3.12. The second-order valence-corrected chi connectivity index (χ2v) is 8.45. The summed E-state index contributed by atoms with van der Waals surface area (Å²) in [5.41, 5.74) is 0. The van der Waals surface area contributed by atoms with E-state index in [0.717, 1.165) is 18.7 Å². The maximum Gasteiger partial charge on any atom is 0.247 e. The average molecular weight is 399 g/mol. The second kappa shape index (κ2) is 8.57. The first-order valence-electron chi connectivity index (χ1n) is 6.80. The largest absolute Gasteiger partial charge is 0.452 e. The number of rotatable bonds is 9. The van der Waals surface area contributed by atoms with Gasteiger partial charge in [0, 0.05) is 24.9 Å². The van der Waals surface area contributed by atoms with E-state index in [1.54, 1.807) is 24.9 Å². The monoisotopic (exact) mass is 398 g/mol. The predicted octanol–water partition coefficient (Wildman–Crippen LogP) is 2.91. The highest BCUT2D eigenvalue weighted by atomic mass is 79.9. The molecule has 5 nitrogen and oxygen atoms in total. The van der Waals surface area contributed by atoms with E-state index in [1.807, 2.05) is 13.2 Å². The van der Waals surface area contributed by atoms with E-state index in [9.17, 15) is 8.42 Å². The van der Waals surface area contributed by atoms with E-state index in [2.05, 4.69) is 28.2 Å². The number of sulfonamides is 1. The molecule has 0 aliphatic carbocycles. The standard InChI is InChI=1S/C13H23BrN2O3S2/c1-5-6-15-8-11-7-12(13(14)19-11)21(17,18)16(3)10(2)9-20-4/h7,10,15H,5-6,8-9H2,1-4H3. The van der Waals surface area contributed by atoms with Crippen molar-refractivity contribution in [1.82, 2.24) is 9.62 Å². The molecule has 1 aromatic rings. The molecule has 0 bridgehead atoms. The van der Waals surface area contributed by atoms with Crippen LogP contribution in [-0.2, 0) is 16.6 Å². The molecule has 0 saturated carbocycles. The summed E-state index contributed by atoms with van der Waals surface area (Å²) < 4.78 is 32.4. The molecular weight excluding hydrogens is 376 g/mol. The molecule has 0 aromatic carbocycles. The van der Waals surface area contributed by atoms with Crippen LogP contribution in [0.4, 0.5) is 0 Å². The summed E-state index contributed by atoms with van der Waals surface area (Å²) in [5, 5.41) is 3.19. The Morgan fingerprint density at radius 3 is 2.76 bits per heavy atom. The zero-order valence-corrected chi connectivity index (χ0v) is 16.1. The van der Waals surface area contributed by atoms with Gasteiger partial charge < -0.3 is 9.73 Å². The number of hydrogen-bond acceptors (Lipinski definition) is 5. The van der Waals surface area contributed by atoms with E-state index in [-0.39, 0.29) is 15.6 Å². The van der Waals surface area contributed by atoms with Crippen molar-refractivity contribution >= 4 is 37.7 Å². The smallest absolute Gasteiger partial charge is 0.247 e. The SMILES string of the molecule is CCCNCc1cc(S(=O)(=O)N(C)C(C)CSC)c(Br)o1. The van der Waals surface area contributed by atoms with Gasteiger partial charge in [-0.2, -0.15) is 16.1 Å². The molecule has 1 heterocycles. The van der Waals surface area contributed by atoms with Gasteiger partial charge in [0.05, 0.1) is 6.54 Å². The molecule has 0 amide bonds. The quantitative estimate of drug-likeness (QED) is 0.647. The van der Waals surface area contributed by atoms with Gasteiger partial charge in [-0.15, -0.1) is 0 Å². The molecule has 0 aliphatic heterocycles. The predicted molar refractivity (Wildman–Crippen MR) is 91.2 cm³/mol. The summed E-state index contributed by atoms with van der Waals surface area (Å²) >= 11 is 4.83. The highest BCUT2D eigenvalue weighted by molar-refractivity contribution is 9.10. The molecule has 0 radical (unpaired) electrons. The molecule has 0 aliphatic rings. The Bertz CT molecular complexity index is 546. The van der Waals surface area contributed by atoms with Crippen molar-refractivity contribution in [2.75, 3.05) is 25.6 Å². The van der Waals surface area contributed by atoms with Crippen LogP contribution in [0.2, 0.25) is 0 Å².